The van der Waals surface area contributed by atoms with Crippen LogP contribution < -0.4 is 20.8 Å². The van der Waals surface area contributed by atoms with Crippen molar-refractivity contribution in [2.45, 2.75) is 18.9 Å². The van der Waals surface area contributed by atoms with Crippen molar-refractivity contribution in [1.82, 2.24) is 9.55 Å². The third-order valence-corrected chi connectivity index (χ3v) is 5.59. The molecule has 1 saturated carbocycles. The molecule has 0 saturated heterocycles. The molecule has 0 atom stereocenters. The van der Waals surface area contributed by atoms with Gasteiger partial charge in [0.1, 0.15) is 16.8 Å². The van der Waals surface area contributed by atoms with Gasteiger partial charge in [0.15, 0.2) is 17.1 Å². The zero-order valence-electron chi connectivity index (χ0n) is 17.7. The fourth-order valence-corrected chi connectivity index (χ4v) is 3.91. The number of aromatic carboxylic acids is 1. The Kier molecular flexibility index (Phi) is 5.12. The van der Waals surface area contributed by atoms with Crippen LogP contribution in [-0.4, -0.2) is 40.8 Å². The number of methoxy groups -OCH3 is 1. The first-order chi connectivity index (χ1) is 16.0. The van der Waals surface area contributed by atoms with Crippen molar-refractivity contribution in [1.29, 1.82) is 0 Å². The second kappa shape index (κ2) is 8.12. The molecule has 0 radical (unpaired) electrons. The Labute approximate surface area is 186 Å². The number of fused-ring (bicyclic) bond motifs is 2. The molecule has 1 aliphatic carbocycles. The Hall–Kier alpha value is -4.08. The van der Waals surface area contributed by atoms with E-state index in [1.165, 1.54) is 13.3 Å². The van der Waals surface area contributed by atoms with E-state index in [-0.39, 0.29) is 28.4 Å². The van der Waals surface area contributed by atoms with Gasteiger partial charge in [-0.3, -0.25) is 4.79 Å². The number of nitrogens with one attached hydrogen (secondary N) is 2. The standard InChI is InChI=1S/C23H21FN4O5/c1-32-21-18(25-8-9-26-23-27-16-4-2-3-5-17(16)33-23)15(24)10-13-19(21)28(12-6-7-12)11-14(20(13)29)22(30)31/h2-5,10-12,25H,6-9H2,1H3,(H,26,27)(H,30,31). The van der Waals surface area contributed by atoms with Crippen LogP contribution in [0, 0.1) is 5.82 Å². The maximum absolute atomic E-state index is 15.0. The highest BCUT2D eigenvalue weighted by Crippen LogP contribution is 2.42. The van der Waals surface area contributed by atoms with E-state index < -0.39 is 17.2 Å². The zero-order valence-corrected chi connectivity index (χ0v) is 17.7. The third-order valence-electron chi connectivity index (χ3n) is 5.59. The van der Waals surface area contributed by atoms with Crippen molar-refractivity contribution >= 4 is 39.7 Å². The van der Waals surface area contributed by atoms with Crippen LogP contribution in [0.5, 0.6) is 5.75 Å². The van der Waals surface area contributed by atoms with Gasteiger partial charge in [-0.15, -0.1) is 0 Å². The number of carboxylic acids is 1. The molecule has 2 aromatic heterocycles. The number of carbonyl (C=O) groups is 1. The number of ether oxygens (including phenoxy) is 1. The fourth-order valence-electron chi connectivity index (χ4n) is 3.91. The average Bonchev–Trinajstić information content (AvgIpc) is 3.55. The van der Waals surface area contributed by atoms with E-state index in [2.05, 4.69) is 15.6 Å². The number of rotatable bonds is 8. The molecule has 10 heteroatoms. The molecule has 1 fully saturated rings. The Balaban J connectivity index is 1.44. The number of oxazole rings is 1. The van der Waals surface area contributed by atoms with E-state index in [0.717, 1.165) is 24.4 Å². The van der Waals surface area contributed by atoms with Crippen LogP contribution in [-0.2, 0) is 0 Å². The van der Waals surface area contributed by atoms with E-state index in [1.807, 2.05) is 24.3 Å². The van der Waals surface area contributed by atoms with Gasteiger partial charge in [0.25, 0.3) is 6.01 Å². The fraction of sp³-hybridized carbons (Fsp3) is 0.261. The monoisotopic (exact) mass is 452 g/mol. The summed E-state index contributed by atoms with van der Waals surface area (Å²) in [7, 11) is 1.39. The highest BCUT2D eigenvalue weighted by atomic mass is 19.1. The van der Waals surface area contributed by atoms with Crippen molar-refractivity contribution in [2.24, 2.45) is 0 Å². The van der Waals surface area contributed by atoms with Gasteiger partial charge in [-0.2, -0.15) is 4.98 Å². The third kappa shape index (κ3) is 3.73. The number of halogens is 1. The lowest BCUT2D eigenvalue weighted by atomic mass is 10.1. The largest absolute Gasteiger partial charge is 0.492 e. The number of benzene rings is 2. The quantitative estimate of drug-likeness (QED) is 0.345. The topological polar surface area (TPSA) is 119 Å². The molecule has 2 aromatic carbocycles. The van der Waals surface area contributed by atoms with Crippen LogP contribution in [0.15, 0.2) is 45.7 Å². The predicted octanol–water partition coefficient (Wildman–Crippen LogP) is 3.85. The van der Waals surface area contributed by atoms with Crippen LogP contribution >= 0.6 is 0 Å². The minimum atomic E-state index is -1.34. The number of pyridine rings is 1. The molecular weight excluding hydrogens is 431 g/mol. The lowest BCUT2D eigenvalue weighted by molar-refractivity contribution is 0.0694. The van der Waals surface area contributed by atoms with Gasteiger partial charge in [0.2, 0.25) is 5.43 Å². The SMILES string of the molecule is COc1c(NCCNc2nc3ccccc3o2)c(F)cc2c(=O)c(C(=O)O)cn(C3CC3)c12. The minimum absolute atomic E-state index is 0.0219. The van der Waals surface area contributed by atoms with Gasteiger partial charge in [-0.05, 0) is 31.0 Å². The van der Waals surface area contributed by atoms with Crippen LogP contribution in [0.1, 0.15) is 29.2 Å². The van der Waals surface area contributed by atoms with Crippen LogP contribution in [0.4, 0.5) is 16.1 Å². The van der Waals surface area contributed by atoms with Crippen LogP contribution in [0.2, 0.25) is 0 Å². The van der Waals surface area contributed by atoms with Crippen LogP contribution in [0.3, 0.4) is 0 Å². The first-order valence-corrected chi connectivity index (χ1v) is 10.5. The molecular formula is C23H21FN4O5. The summed E-state index contributed by atoms with van der Waals surface area (Å²) < 4.78 is 27.8. The van der Waals surface area contributed by atoms with Crippen molar-refractivity contribution in [2.75, 3.05) is 30.8 Å². The molecule has 4 aromatic rings. The summed E-state index contributed by atoms with van der Waals surface area (Å²) in [6.07, 6.45) is 3.01. The predicted molar refractivity (Wildman–Crippen MR) is 121 cm³/mol. The number of carboxylic acid groups (broad SMARTS) is 1. The summed E-state index contributed by atoms with van der Waals surface area (Å²) in [5.41, 5.74) is 0.741. The second-order valence-corrected chi connectivity index (χ2v) is 7.82. The highest BCUT2D eigenvalue weighted by Gasteiger charge is 2.30. The molecule has 2 heterocycles. The normalized spacial score (nSPS) is 13.4. The molecule has 0 aliphatic heterocycles. The van der Waals surface area contributed by atoms with E-state index in [1.54, 1.807) is 4.57 Å². The minimum Gasteiger partial charge on any atom is -0.492 e. The summed E-state index contributed by atoms with van der Waals surface area (Å²) in [5, 5.41) is 15.4. The van der Waals surface area contributed by atoms with Gasteiger partial charge in [0.05, 0.1) is 18.0 Å². The summed E-state index contributed by atoms with van der Waals surface area (Å²) in [5.74, 6) is -1.89. The Morgan fingerprint density at radius 3 is 2.76 bits per heavy atom. The summed E-state index contributed by atoms with van der Waals surface area (Å²) >= 11 is 0. The Morgan fingerprint density at radius 2 is 2.06 bits per heavy atom. The molecule has 1 aliphatic rings. The highest BCUT2D eigenvalue weighted by molar-refractivity contribution is 5.97. The number of hydrogen-bond donors (Lipinski definition) is 3. The lowest BCUT2D eigenvalue weighted by Gasteiger charge is -2.19. The number of hydrogen-bond acceptors (Lipinski definition) is 7. The van der Waals surface area contributed by atoms with Crippen LogP contribution in [0.25, 0.3) is 22.0 Å². The van der Waals surface area contributed by atoms with E-state index in [0.29, 0.717) is 30.2 Å². The molecule has 5 rings (SSSR count). The molecule has 0 unspecified atom stereocenters. The van der Waals surface area contributed by atoms with Crippen molar-refractivity contribution in [3.63, 3.8) is 0 Å². The summed E-state index contributed by atoms with van der Waals surface area (Å²) in [4.78, 5) is 28.6. The molecule has 0 spiro atoms. The average molecular weight is 452 g/mol. The first-order valence-electron chi connectivity index (χ1n) is 10.5. The molecule has 9 nitrogen and oxygen atoms in total. The number of aromatic nitrogens is 2. The van der Waals surface area contributed by atoms with Crippen molar-refractivity contribution in [3.05, 3.63) is 58.1 Å². The van der Waals surface area contributed by atoms with Crippen molar-refractivity contribution < 1.29 is 23.4 Å². The smallest absolute Gasteiger partial charge is 0.341 e. The van der Waals surface area contributed by atoms with E-state index >= 15 is 4.39 Å². The van der Waals surface area contributed by atoms with E-state index in [4.69, 9.17) is 9.15 Å². The molecule has 0 bridgehead atoms. The zero-order chi connectivity index (χ0) is 23.1. The molecule has 33 heavy (non-hydrogen) atoms. The number of nitrogens with zero attached hydrogens (tertiary/aromatic N) is 2. The summed E-state index contributed by atoms with van der Waals surface area (Å²) in [6, 6.07) is 8.84. The first kappa shape index (κ1) is 20.8. The Morgan fingerprint density at radius 1 is 1.30 bits per heavy atom. The van der Waals surface area contributed by atoms with Gasteiger partial charge in [-0.25, -0.2) is 9.18 Å². The molecule has 3 N–H and O–H groups in total. The second-order valence-electron chi connectivity index (χ2n) is 7.82. The molecule has 0 amide bonds. The van der Waals surface area contributed by atoms with Gasteiger partial charge in [0, 0.05) is 25.3 Å². The maximum Gasteiger partial charge on any atom is 0.341 e. The van der Waals surface area contributed by atoms with Gasteiger partial charge in [-0.1, -0.05) is 12.1 Å². The van der Waals surface area contributed by atoms with Gasteiger partial charge >= 0.3 is 5.97 Å². The van der Waals surface area contributed by atoms with Crippen molar-refractivity contribution in [3.8, 4) is 5.75 Å². The lowest BCUT2D eigenvalue weighted by Crippen LogP contribution is -2.20. The summed E-state index contributed by atoms with van der Waals surface area (Å²) in [6.45, 7) is 0.680. The maximum atomic E-state index is 15.0. The number of para-hydroxylation sites is 2. The molecule has 170 valence electrons. The van der Waals surface area contributed by atoms with E-state index in [9.17, 15) is 14.7 Å². The number of anilines is 2. The van der Waals surface area contributed by atoms with Gasteiger partial charge < -0.3 is 29.5 Å². The Bertz CT molecular complexity index is 1410.